The zero-order valence-electron chi connectivity index (χ0n) is 19.2. The lowest BCUT2D eigenvalue weighted by molar-refractivity contribution is -0.123. The number of tetrazole rings is 1. The second-order valence-corrected chi connectivity index (χ2v) is 8.43. The molecule has 0 spiro atoms. The molecule has 4 rings (SSSR count). The van der Waals surface area contributed by atoms with E-state index in [0.29, 0.717) is 27.5 Å². The number of carbonyl (C=O) groups excluding carboxylic acids is 2. The van der Waals surface area contributed by atoms with Crippen LogP contribution in [0.5, 0.6) is 0 Å². The Morgan fingerprint density at radius 3 is 2.64 bits per heavy atom. The quantitative estimate of drug-likeness (QED) is 0.351. The summed E-state index contributed by atoms with van der Waals surface area (Å²) in [6, 6.07) is 17.8. The van der Waals surface area contributed by atoms with Gasteiger partial charge >= 0.3 is 0 Å². The van der Waals surface area contributed by atoms with E-state index in [1.165, 1.54) is 35.3 Å². The van der Waals surface area contributed by atoms with Gasteiger partial charge in [0.1, 0.15) is 18.2 Å². The molecule has 0 radical (unpaired) electrons. The smallest absolute Gasteiger partial charge is 0.247 e. The Labute approximate surface area is 211 Å². The van der Waals surface area contributed by atoms with Gasteiger partial charge in [0.2, 0.25) is 11.8 Å². The summed E-state index contributed by atoms with van der Waals surface area (Å²) in [5.74, 6) is -1.28. The fraction of sp³-hybridized carbons (Fsp3) is 0.115. The zero-order valence-corrected chi connectivity index (χ0v) is 20.0. The Kier molecular flexibility index (Phi) is 7.82. The summed E-state index contributed by atoms with van der Waals surface area (Å²) in [4.78, 5) is 25.9. The maximum absolute atomic E-state index is 13.6. The van der Waals surface area contributed by atoms with Crippen LogP contribution in [0, 0.1) is 12.7 Å². The predicted octanol–water partition coefficient (Wildman–Crippen LogP) is 4.14. The minimum atomic E-state index is -0.881. The van der Waals surface area contributed by atoms with Crippen molar-refractivity contribution in [2.24, 2.45) is 0 Å². The molecule has 1 atom stereocenters. The van der Waals surface area contributed by atoms with E-state index in [2.05, 4.69) is 26.2 Å². The number of hydrogen-bond donors (Lipinski definition) is 2. The Morgan fingerprint density at radius 1 is 1.11 bits per heavy atom. The Balaban J connectivity index is 1.53. The third kappa shape index (κ3) is 6.39. The van der Waals surface area contributed by atoms with E-state index in [9.17, 15) is 14.0 Å². The van der Waals surface area contributed by atoms with Crippen molar-refractivity contribution < 1.29 is 14.0 Å². The molecule has 0 aliphatic carbocycles. The Hall–Kier alpha value is -4.37. The molecule has 1 unspecified atom stereocenters. The molecule has 2 amide bonds. The third-order valence-electron chi connectivity index (χ3n) is 5.34. The van der Waals surface area contributed by atoms with Crippen molar-refractivity contribution in [3.05, 3.63) is 107 Å². The van der Waals surface area contributed by atoms with Crippen LogP contribution in [-0.2, 0) is 16.0 Å². The summed E-state index contributed by atoms with van der Waals surface area (Å²) >= 11 is 6.14. The van der Waals surface area contributed by atoms with E-state index in [4.69, 9.17) is 11.6 Å². The van der Waals surface area contributed by atoms with Gasteiger partial charge in [0, 0.05) is 28.8 Å². The Bertz CT molecular complexity index is 1390. The number of nitrogens with zero attached hydrogens (tertiary/aromatic N) is 4. The zero-order chi connectivity index (χ0) is 25.5. The molecular formula is C26H22ClFN6O2. The number of hydrogen-bond acceptors (Lipinski definition) is 5. The predicted molar refractivity (Wildman–Crippen MR) is 135 cm³/mol. The number of benzene rings is 3. The minimum Gasteiger partial charge on any atom is -0.340 e. The maximum atomic E-state index is 13.6. The van der Waals surface area contributed by atoms with E-state index >= 15 is 0 Å². The lowest BCUT2D eigenvalue weighted by Crippen LogP contribution is -2.44. The van der Waals surface area contributed by atoms with E-state index < -0.39 is 17.9 Å². The molecule has 182 valence electrons. The first-order chi connectivity index (χ1) is 17.4. The highest BCUT2D eigenvalue weighted by atomic mass is 35.5. The first-order valence-corrected chi connectivity index (χ1v) is 11.4. The highest BCUT2D eigenvalue weighted by molar-refractivity contribution is 6.30. The van der Waals surface area contributed by atoms with Gasteiger partial charge < -0.3 is 10.6 Å². The first kappa shape index (κ1) is 24.7. The molecule has 1 heterocycles. The number of aromatic nitrogens is 4. The number of nitrogens with one attached hydrogen (secondary N) is 2. The first-order valence-electron chi connectivity index (χ1n) is 11.0. The largest absolute Gasteiger partial charge is 0.340 e. The van der Waals surface area contributed by atoms with Crippen molar-refractivity contribution in [1.29, 1.82) is 0 Å². The van der Waals surface area contributed by atoms with E-state index in [0.717, 1.165) is 5.56 Å². The van der Waals surface area contributed by atoms with Gasteiger partial charge in [-0.3, -0.25) is 9.59 Å². The molecular weight excluding hydrogens is 483 g/mol. The third-order valence-corrected chi connectivity index (χ3v) is 5.58. The van der Waals surface area contributed by atoms with E-state index in [1.807, 2.05) is 30.3 Å². The fourth-order valence-corrected chi connectivity index (χ4v) is 3.72. The summed E-state index contributed by atoms with van der Waals surface area (Å²) in [6.07, 6.45) is 4.57. The molecule has 0 aliphatic heterocycles. The average molecular weight is 505 g/mol. The summed E-state index contributed by atoms with van der Waals surface area (Å²) < 4.78 is 15.1. The molecule has 3 aromatic carbocycles. The van der Waals surface area contributed by atoms with Crippen LogP contribution >= 0.6 is 11.6 Å². The molecule has 0 fully saturated rings. The number of amides is 2. The summed E-state index contributed by atoms with van der Waals surface area (Å²) in [5, 5.41) is 17.1. The van der Waals surface area contributed by atoms with Crippen molar-refractivity contribution in [3.63, 3.8) is 0 Å². The molecule has 10 heteroatoms. The van der Waals surface area contributed by atoms with E-state index in [1.54, 1.807) is 31.2 Å². The summed E-state index contributed by atoms with van der Waals surface area (Å²) in [6.45, 7) is 1.61. The van der Waals surface area contributed by atoms with Crippen molar-refractivity contribution in [2.75, 3.05) is 5.32 Å². The second-order valence-electron chi connectivity index (χ2n) is 7.99. The van der Waals surface area contributed by atoms with Gasteiger partial charge in [-0.25, -0.2) is 4.39 Å². The molecule has 4 aromatic rings. The van der Waals surface area contributed by atoms with Crippen molar-refractivity contribution >= 4 is 35.2 Å². The van der Waals surface area contributed by atoms with Crippen LogP contribution in [0.2, 0.25) is 5.02 Å². The standard InChI is InChI=1S/C26H22ClFN6O2/c1-17-13-21(9-10-22(17)28)30-26(36)23(14-18-5-3-2-4-6-18)31-25(35)12-7-19-15-20(27)8-11-24(19)34-16-29-32-33-34/h2-13,15-16,23H,14H2,1H3,(H,30,36)(H,31,35)/b12-7+. The van der Waals surface area contributed by atoms with Gasteiger partial charge in [-0.15, -0.1) is 5.10 Å². The maximum Gasteiger partial charge on any atom is 0.247 e. The van der Waals surface area contributed by atoms with Crippen molar-refractivity contribution in [1.82, 2.24) is 25.5 Å². The van der Waals surface area contributed by atoms with Gasteiger partial charge in [0.15, 0.2) is 0 Å². The SMILES string of the molecule is Cc1cc(NC(=O)C(Cc2ccccc2)NC(=O)/C=C/c2cc(Cl)ccc2-n2cnnn2)ccc1F. The number of rotatable bonds is 8. The molecule has 0 saturated carbocycles. The molecule has 0 saturated heterocycles. The van der Waals surface area contributed by atoms with Crippen LogP contribution in [0.3, 0.4) is 0 Å². The fourth-order valence-electron chi connectivity index (χ4n) is 3.54. The lowest BCUT2D eigenvalue weighted by Gasteiger charge is -2.18. The van der Waals surface area contributed by atoms with Crippen LogP contribution in [0.15, 0.2) is 79.1 Å². The second kappa shape index (κ2) is 11.4. The highest BCUT2D eigenvalue weighted by Crippen LogP contribution is 2.20. The van der Waals surface area contributed by atoms with Crippen LogP contribution in [0.4, 0.5) is 10.1 Å². The monoisotopic (exact) mass is 504 g/mol. The molecule has 2 N–H and O–H groups in total. The molecule has 0 aliphatic rings. The molecule has 8 nitrogen and oxygen atoms in total. The van der Waals surface area contributed by atoms with E-state index in [-0.39, 0.29) is 12.2 Å². The molecule has 1 aromatic heterocycles. The summed E-state index contributed by atoms with van der Waals surface area (Å²) in [7, 11) is 0. The van der Waals surface area contributed by atoms with Crippen molar-refractivity contribution in [2.45, 2.75) is 19.4 Å². The van der Waals surface area contributed by atoms with Crippen LogP contribution < -0.4 is 10.6 Å². The molecule has 36 heavy (non-hydrogen) atoms. The topological polar surface area (TPSA) is 102 Å². The Morgan fingerprint density at radius 2 is 1.92 bits per heavy atom. The number of aryl methyl sites for hydroxylation is 1. The molecule has 0 bridgehead atoms. The summed E-state index contributed by atoms with van der Waals surface area (Å²) in [5.41, 5.74) is 2.94. The number of anilines is 1. The normalized spacial score (nSPS) is 11.9. The number of carbonyl (C=O) groups is 2. The van der Waals surface area contributed by atoms with Crippen LogP contribution in [0.25, 0.3) is 11.8 Å². The van der Waals surface area contributed by atoms with Gasteiger partial charge in [-0.1, -0.05) is 41.9 Å². The van der Waals surface area contributed by atoms with Crippen LogP contribution in [-0.4, -0.2) is 38.1 Å². The van der Waals surface area contributed by atoms with Crippen molar-refractivity contribution in [3.8, 4) is 5.69 Å². The lowest BCUT2D eigenvalue weighted by atomic mass is 10.0. The highest BCUT2D eigenvalue weighted by Gasteiger charge is 2.21. The van der Waals surface area contributed by atoms with Gasteiger partial charge in [0.25, 0.3) is 0 Å². The van der Waals surface area contributed by atoms with Gasteiger partial charge in [-0.2, -0.15) is 4.68 Å². The van der Waals surface area contributed by atoms with Gasteiger partial charge in [0.05, 0.1) is 5.69 Å². The minimum absolute atomic E-state index is 0.263. The van der Waals surface area contributed by atoms with Gasteiger partial charge in [-0.05, 0) is 71.0 Å². The van der Waals surface area contributed by atoms with Crippen LogP contribution in [0.1, 0.15) is 16.7 Å². The number of halogens is 2. The average Bonchev–Trinajstić information content (AvgIpc) is 3.40.